The summed E-state index contributed by atoms with van der Waals surface area (Å²) in [6.07, 6.45) is 9.67. The Labute approximate surface area is 110 Å². The van der Waals surface area contributed by atoms with Gasteiger partial charge in [-0.05, 0) is 37.9 Å². The van der Waals surface area contributed by atoms with E-state index in [4.69, 9.17) is 0 Å². The van der Waals surface area contributed by atoms with Crippen LogP contribution >= 0.6 is 11.8 Å². The van der Waals surface area contributed by atoms with Crippen molar-refractivity contribution in [3.8, 4) is 0 Å². The average molecular weight is 257 g/mol. The normalized spacial score (nSPS) is 32.8. The summed E-state index contributed by atoms with van der Waals surface area (Å²) in [5.41, 5.74) is -0.395. The molecule has 2 nitrogen and oxygen atoms in total. The van der Waals surface area contributed by atoms with Gasteiger partial charge in [0.2, 0.25) is 0 Å². The van der Waals surface area contributed by atoms with Gasteiger partial charge in [0.1, 0.15) is 0 Å². The van der Waals surface area contributed by atoms with Crippen molar-refractivity contribution in [2.45, 2.75) is 75.2 Å². The van der Waals surface area contributed by atoms with Crippen LogP contribution in [0.15, 0.2) is 0 Å². The molecule has 2 fully saturated rings. The average Bonchev–Trinajstić information content (AvgIpc) is 2.76. The van der Waals surface area contributed by atoms with Gasteiger partial charge < -0.3 is 10.4 Å². The van der Waals surface area contributed by atoms with E-state index in [-0.39, 0.29) is 0 Å². The molecule has 0 heterocycles. The topological polar surface area (TPSA) is 32.3 Å². The molecule has 0 radical (unpaired) electrons. The number of aliphatic hydroxyl groups is 1. The lowest BCUT2D eigenvalue weighted by atomic mass is 9.85. The number of hydrogen-bond acceptors (Lipinski definition) is 3. The van der Waals surface area contributed by atoms with E-state index in [2.05, 4.69) is 24.0 Å². The van der Waals surface area contributed by atoms with E-state index in [1.54, 1.807) is 0 Å². The maximum atomic E-state index is 10.4. The Morgan fingerprint density at radius 3 is 2.71 bits per heavy atom. The molecule has 2 aliphatic carbocycles. The van der Waals surface area contributed by atoms with Crippen molar-refractivity contribution in [1.82, 2.24) is 5.32 Å². The van der Waals surface area contributed by atoms with E-state index in [9.17, 15) is 5.11 Å². The molecule has 2 unspecified atom stereocenters. The van der Waals surface area contributed by atoms with Crippen molar-refractivity contribution in [3.63, 3.8) is 0 Å². The molecular weight excluding hydrogens is 230 g/mol. The van der Waals surface area contributed by atoms with Crippen LogP contribution in [0.5, 0.6) is 0 Å². The summed E-state index contributed by atoms with van der Waals surface area (Å²) in [6, 6.07) is 0.657. The fourth-order valence-electron chi connectivity index (χ4n) is 3.23. The molecule has 2 atom stereocenters. The third-order valence-corrected chi connectivity index (χ3v) is 5.52. The largest absolute Gasteiger partial charge is 0.389 e. The van der Waals surface area contributed by atoms with Crippen LogP contribution in [-0.2, 0) is 0 Å². The first-order chi connectivity index (χ1) is 8.22. The van der Waals surface area contributed by atoms with E-state index >= 15 is 0 Å². The smallest absolute Gasteiger partial charge is 0.0771 e. The van der Waals surface area contributed by atoms with Crippen LogP contribution in [0.3, 0.4) is 0 Å². The van der Waals surface area contributed by atoms with Crippen LogP contribution in [0.2, 0.25) is 0 Å². The number of thioether (sulfide) groups is 1. The second-order valence-electron chi connectivity index (χ2n) is 5.75. The Bertz CT molecular complexity index is 228. The molecule has 0 aromatic carbocycles. The molecule has 100 valence electrons. The van der Waals surface area contributed by atoms with Gasteiger partial charge in [-0.3, -0.25) is 0 Å². The van der Waals surface area contributed by atoms with Gasteiger partial charge in [0.25, 0.3) is 0 Å². The van der Waals surface area contributed by atoms with Crippen LogP contribution in [-0.4, -0.2) is 34.3 Å². The van der Waals surface area contributed by atoms with Gasteiger partial charge in [-0.25, -0.2) is 0 Å². The lowest BCUT2D eigenvalue weighted by Gasteiger charge is -2.33. The highest BCUT2D eigenvalue weighted by Crippen LogP contribution is 2.31. The maximum absolute atomic E-state index is 10.4. The van der Waals surface area contributed by atoms with Gasteiger partial charge in [0, 0.05) is 17.8 Å². The molecule has 0 aromatic heterocycles. The molecule has 2 saturated carbocycles. The molecule has 0 bridgehead atoms. The van der Waals surface area contributed by atoms with Gasteiger partial charge in [0.15, 0.2) is 0 Å². The third-order valence-electron chi connectivity index (χ3n) is 4.29. The summed E-state index contributed by atoms with van der Waals surface area (Å²) in [7, 11) is 0. The van der Waals surface area contributed by atoms with Crippen molar-refractivity contribution in [2.24, 2.45) is 0 Å². The molecule has 0 aromatic rings. The Hall–Kier alpha value is 0.270. The minimum Gasteiger partial charge on any atom is -0.389 e. The van der Waals surface area contributed by atoms with Crippen molar-refractivity contribution < 1.29 is 5.11 Å². The van der Waals surface area contributed by atoms with Crippen molar-refractivity contribution in [1.29, 1.82) is 0 Å². The van der Waals surface area contributed by atoms with E-state index in [1.165, 1.54) is 44.3 Å². The van der Waals surface area contributed by atoms with Gasteiger partial charge >= 0.3 is 0 Å². The van der Waals surface area contributed by atoms with E-state index in [1.807, 2.05) is 0 Å². The van der Waals surface area contributed by atoms with Gasteiger partial charge in [-0.1, -0.05) is 26.2 Å². The molecule has 2 aliphatic rings. The zero-order chi connectivity index (χ0) is 12.1. The molecule has 0 aliphatic heterocycles. The summed E-state index contributed by atoms with van der Waals surface area (Å²) < 4.78 is 0. The van der Waals surface area contributed by atoms with Crippen LogP contribution in [0, 0.1) is 0 Å². The minimum atomic E-state index is -0.395. The SMILES string of the molecule is CCSC1CCC(NCC2(O)CCCCC2)C1. The first kappa shape index (κ1) is 13.7. The monoisotopic (exact) mass is 257 g/mol. The highest BCUT2D eigenvalue weighted by molar-refractivity contribution is 7.99. The molecular formula is C14H27NOS. The van der Waals surface area contributed by atoms with Crippen LogP contribution in [0.4, 0.5) is 0 Å². The Kier molecular flexibility index (Phi) is 5.19. The standard InChI is InChI=1S/C14H27NOS/c1-2-17-13-7-6-12(10-13)15-11-14(16)8-4-3-5-9-14/h12-13,15-16H,2-11H2,1H3. The van der Waals surface area contributed by atoms with Gasteiger partial charge in [-0.2, -0.15) is 11.8 Å². The highest BCUT2D eigenvalue weighted by Gasteiger charge is 2.31. The number of nitrogens with one attached hydrogen (secondary N) is 1. The summed E-state index contributed by atoms with van der Waals surface area (Å²) in [5.74, 6) is 1.24. The van der Waals surface area contributed by atoms with Crippen LogP contribution in [0.25, 0.3) is 0 Å². The zero-order valence-electron chi connectivity index (χ0n) is 11.1. The Morgan fingerprint density at radius 2 is 2.00 bits per heavy atom. The molecule has 17 heavy (non-hydrogen) atoms. The first-order valence-electron chi connectivity index (χ1n) is 7.29. The zero-order valence-corrected chi connectivity index (χ0v) is 11.9. The molecule has 2 rings (SSSR count). The lowest BCUT2D eigenvalue weighted by molar-refractivity contribution is 0.00281. The van der Waals surface area contributed by atoms with Gasteiger partial charge in [0.05, 0.1) is 5.60 Å². The molecule has 0 saturated heterocycles. The highest BCUT2D eigenvalue weighted by atomic mass is 32.2. The molecule has 3 heteroatoms. The third kappa shape index (κ3) is 4.15. The van der Waals surface area contributed by atoms with E-state index in [0.717, 1.165) is 24.6 Å². The fraction of sp³-hybridized carbons (Fsp3) is 1.00. The van der Waals surface area contributed by atoms with E-state index < -0.39 is 5.60 Å². The van der Waals surface area contributed by atoms with E-state index in [0.29, 0.717) is 6.04 Å². The first-order valence-corrected chi connectivity index (χ1v) is 8.34. The van der Waals surface area contributed by atoms with Crippen LogP contribution < -0.4 is 5.32 Å². The predicted molar refractivity (Wildman–Crippen MR) is 75.6 cm³/mol. The van der Waals surface area contributed by atoms with Gasteiger partial charge in [-0.15, -0.1) is 0 Å². The molecule has 0 spiro atoms. The fourth-order valence-corrected chi connectivity index (χ4v) is 4.38. The summed E-state index contributed by atoms with van der Waals surface area (Å²) in [4.78, 5) is 0. The second kappa shape index (κ2) is 6.44. The summed E-state index contributed by atoms with van der Waals surface area (Å²) >= 11 is 2.10. The minimum absolute atomic E-state index is 0.395. The second-order valence-corrected chi connectivity index (χ2v) is 7.33. The maximum Gasteiger partial charge on any atom is 0.0771 e. The van der Waals surface area contributed by atoms with Crippen molar-refractivity contribution in [2.75, 3.05) is 12.3 Å². The quantitative estimate of drug-likeness (QED) is 0.794. The summed E-state index contributed by atoms with van der Waals surface area (Å²) in [5, 5.41) is 14.9. The van der Waals surface area contributed by atoms with Crippen molar-refractivity contribution >= 4 is 11.8 Å². The number of rotatable bonds is 5. The number of hydrogen-bond donors (Lipinski definition) is 2. The van der Waals surface area contributed by atoms with Crippen molar-refractivity contribution in [3.05, 3.63) is 0 Å². The molecule has 2 N–H and O–H groups in total. The van der Waals surface area contributed by atoms with Crippen LogP contribution in [0.1, 0.15) is 58.3 Å². The summed E-state index contributed by atoms with van der Waals surface area (Å²) in [6.45, 7) is 3.07. The Morgan fingerprint density at radius 1 is 1.24 bits per heavy atom. The molecule has 0 amide bonds. The lowest BCUT2D eigenvalue weighted by Crippen LogP contribution is -2.45. The Balaban J connectivity index is 1.68. The predicted octanol–water partition coefficient (Wildman–Crippen LogP) is 2.95.